The van der Waals surface area contributed by atoms with Gasteiger partial charge in [-0.05, 0) is 56.0 Å². The summed E-state index contributed by atoms with van der Waals surface area (Å²) in [5.74, 6) is -0.143. The first kappa shape index (κ1) is 23.5. The minimum Gasteiger partial charge on any atom is -0.466 e. The molecule has 0 bridgehead atoms. The van der Waals surface area contributed by atoms with Crippen molar-refractivity contribution in [1.29, 1.82) is 0 Å². The number of ether oxygens (including phenoxy) is 1. The van der Waals surface area contributed by atoms with Gasteiger partial charge >= 0.3 is 12.0 Å². The van der Waals surface area contributed by atoms with Crippen LogP contribution in [0.2, 0.25) is 0 Å². The maximum atomic E-state index is 14.9. The Morgan fingerprint density at radius 2 is 1.85 bits per heavy atom. The summed E-state index contributed by atoms with van der Waals surface area (Å²) in [7, 11) is 0. The number of amides is 2. The van der Waals surface area contributed by atoms with Crippen LogP contribution in [-0.4, -0.2) is 36.7 Å². The molecule has 1 saturated heterocycles. The van der Waals surface area contributed by atoms with E-state index in [0.29, 0.717) is 11.1 Å². The second-order valence-electron chi connectivity index (χ2n) is 8.32. The Labute approximate surface area is 198 Å². The summed E-state index contributed by atoms with van der Waals surface area (Å²) in [6.07, 6.45) is 3.42. The molecule has 7 nitrogen and oxygen atoms in total. The van der Waals surface area contributed by atoms with E-state index in [-0.39, 0.29) is 18.5 Å². The van der Waals surface area contributed by atoms with Gasteiger partial charge in [0.15, 0.2) is 5.82 Å². The molecule has 2 N–H and O–H groups in total. The SMILES string of the molecule is CCOC(=O)CC(NC(=O)Nc1cc(F)c2nc(N3CCCCC3)ccc2c1)c1ccccc1. The van der Waals surface area contributed by atoms with Crippen molar-refractivity contribution in [1.82, 2.24) is 10.3 Å². The van der Waals surface area contributed by atoms with Crippen molar-refractivity contribution >= 4 is 34.4 Å². The third kappa shape index (κ3) is 5.81. The van der Waals surface area contributed by atoms with Crippen LogP contribution >= 0.6 is 0 Å². The molecule has 2 amide bonds. The van der Waals surface area contributed by atoms with Crippen LogP contribution < -0.4 is 15.5 Å². The second-order valence-corrected chi connectivity index (χ2v) is 8.32. The molecule has 1 unspecified atom stereocenters. The van der Waals surface area contributed by atoms with Gasteiger partial charge < -0.3 is 20.3 Å². The predicted octanol–water partition coefficient (Wildman–Crippen LogP) is 5.18. The smallest absolute Gasteiger partial charge is 0.319 e. The number of hydrogen-bond acceptors (Lipinski definition) is 5. The van der Waals surface area contributed by atoms with Crippen LogP contribution in [0.5, 0.6) is 0 Å². The minimum absolute atomic E-state index is 0.0133. The van der Waals surface area contributed by atoms with Crippen molar-refractivity contribution in [3.8, 4) is 0 Å². The van der Waals surface area contributed by atoms with Gasteiger partial charge in [-0.15, -0.1) is 0 Å². The highest BCUT2D eigenvalue weighted by Crippen LogP contribution is 2.26. The Morgan fingerprint density at radius 3 is 2.59 bits per heavy atom. The average Bonchev–Trinajstić information content (AvgIpc) is 2.85. The third-order valence-electron chi connectivity index (χ3n) is 5.85. The van der Waals surface area contributed by atoms with Crippen molar-refractivity contribution in [2.24, 2.45) is 0 Å². The van der Waals surface area contributed by atoms with Crippen LogP contribution in [0.4, 0.5) is 20.7 Å². The van der Waals surface area contributed by atoms with Crippen molar-refractivity contribution in [3.05, 3.63) is 66.0 Å². The molecule has 0 spiro atoms. The highest BCUT2D eigenvalue weighted by molar-refractivity contribution is 5.93. The first-order valence-corrected chi connectivity index (χ1v) is 11.7. The van der Waals surface area contributed by atoms with Gasteiger partial charge in [0.05, 0.1) is 19.1 Å². The Kier molecular flexibility index (Phi) is 7.57. The van der Waals surface area contributed by atoms with Gasteiger partial charge in [0.1, 0.15) is 11.3 Å². The fraction of sp³-hybridized carbons (Fsp3) is 0.346. The number of halogens is 1. The number of pyridine rings is 1. The largest absolute Gasteiger partial charge is 0.466 e. The fourth-order valence-corrected chi connectivity index (χ4v) is 4.20. The number of rotatable bonds is 7. The number of urea groups is 1. The van der Waals surface area contributed by atoms with Crippen LogP contribution in [0.15, 0.2) is 54.6 Å². The number of carbonyl (C=O) groups excluding carboxylic acids is 2. The number of anilines is 2. The molecule has 2 aromatic carbocycles. The standard InChI is InChI=1S/C26H29FN4O3/c1-2-34-24(32)17-22(18-9-5-3-6-10-18)29-26(33)28-20-15-19-11-12-23(30-25(19)21(27)16-20)31-13-7-4-8-14-31/h3,5-6,9-12,15-16,22H,2,4,7-8,13-14,17H2,1H3,(H2,28,29,33). The van der Waals surface area contributed by atoms with Gasteiger partial charge in [-0.3, -0.25) is 4.79 Å². The van der Waals surface area contributed by atoms with E-state index in [4.69, 9.17) is 4.74 Å². The molecule has 8 heteroatoms. The van der Waals surface area contributed by atoms with Gasteiger partial charge in [-0.2, -0.15) is 0 Å². The zero-order chi connectivity index (χ0) is 23.9. The molecule has 1 atom stereocenters. The normalized spacial score (nSPS) is 14.5. The van der Waals surface area contributed by atoms with E-state index in [1.807, 2.05) is 42.5 Å². The Balaban J connectivity index is 1.49. The molecular formula is C26H29FN4O3. The van der Waals surface area contributed by atoms with E-state index in [2.05, 4.69) is 20.5 Å². The number of benzene rings is 2. The first-order valence-electron chi connectivity index (χ1n) is 11.7. The van der Waals surface area contributed by atoms with E-state index < -0.39 is 23.9 Å². The Bertz CT molecular complexity index is 1150. The zero-order valence-electron chi connectivity index (χ0n) is 19.2. The first-order chi connectivity index (χ1) is 16.5. The lowest BCUT2D eigenvalue weighted by atomic mass is 10.0. The molecule has 1 aromatic heterocycles. The monoisotopic (exact) mass is 464 g/mol. The molecule has 3 aromatic rings. The van der Waals surface area contributed by atoms with Crippen molar-refractivity contribution in [3.63, 3.8) is 0 Å². The number of piperidine rings is 1. The average molecular weight is 465 g/mol. The van der Waals surface area contributed by atoms with Crippen LogP contribution in [0.3, 0.4) is 0 Å². The highest BCUT2D eigenvalue weighted by Gasteiger charge is 2.20. The van der Waals surface area contributed by atoms with E-state index >= 15 is 0 Å². The third-order valence-corrected chi connectivity index (χ3v) is 5.85. The summed E-state index contributed by atoms with van der Waals surface area (Å²) in [6, 6.07) is 14.7. The van der Waals surface area contributed by atoms with Crippen LogP contribution in [0.25, 0.3) is 10.9 Å². The molecule has 0 saturated carbocycles. The minimum atomic E-state index is -0.584. The van der Waals surface area contributed by atoms with Gasteiger partial charge in [0.2, 0.25) is 0 Å². The van der Waals surface area contributed by atoms with Crippen molar-refractivity contribution in [2.45, 2.75) is 38.6 Å². The van der Waals surface area contributed by atoms with Crippen LogP contribution in [0, 0.1) is 5.82 Å². The van der Waals surface area contributed by atoms with E-state index in [9.17, 15) is 14.0 Å². The molecule has 0 aliphatic carbocycles. The van der Waals surface area contributed by atoms with Gasteiger partial charge in [0.25, 0.3) is 0 Å². The summed E-state index contributed by atoms with van der Waals surface area (Å²) >= 11 is 0. The second kappa shape index (κ2) is 11.0. The topological polar surface area (TPSA) is 83.6 Å². The maximum Gasteiger partial charge on any atom is 0.319 e. The lowest BCUT2D eigenvalue weighted by molar-refractivity contribution is -0.143. The number of carbonyl (C=O) groups is 2. The van der Waals surface area contributed by atoms with E-state index in [0.717, 1.165) is 37.3 Å². The van der Waals surface area contributed by atoms with Gasteiger partial charge in [0, 0.05) is 24.2 Å². The number of nitrogens with zero attached hydrogens (tertiary/aromatic N) is 2. The number of aromatic nitrogens is 1. The molecular weight excluding hydrogens is 435 g/mol. The Morgan fingerprint density at radius 1 is 1.09 bits per heavy atom. The summed E-state index contributed by atoms with van der Waals surface area (Å²) in [4.78, 5) is 31.5. The van der Waals surface area contributed by atoms with Gasteiger partial charge in [-0.25, -0.2) is 14.2 Å². The molecule has 2 heterocycles. The molecule has 178 valence electrons. The van der Waals surface area contributed by atoms with E-state index in [1.165, 1.54) is 12.5 Å². The quantitative estimate of drug-likeness (QED) is 0.471. The number of nitrogens with one attached hydrogen (secondary N) is 2. The van der Waals surface area contributed by atoms with Crippen molar-refractivity contribution < 1.29 is 18.7 Å². The molecule has 1 fully saturated rings. The molecule has 4 rings (SSSR count). The fourth-order valence-electron chi connectivity index (χ4n) is 4.20. The molecule has 1 aliphatic heterocycles. The summed E-state index contributed by atoms with van der Waals surface area (Å²) in [5.41, 5.74) is 1.35. The lowest BCUT2D eigenvalue weighted by Crippen LogP contribution is -2.34. The van der Waals surface area contributed by atoms with Gasteiger partial charge in [-0.1, -0.05) is 30.3 Å². The maximum absolute atomic E-state index is 14.9. The van der Waals surface area contributed by atoms with Crippen LogP contribution in [-0.2, 0) is 9.53 Å². The summed E-state index contributed by atoms with van der Waals surface area (Å²) < 4.78 is 20.0. The zero-order valence-corrected chi connectivity index (χ0v) is 19.2. The molecule has 1 aliphatic rings. The number of fused-ring (bicyclic) bond motifs is 1. The van der Waals surface area contributed by atoms with Crippen LogP contribution in [0.1, 0.15) is 44.2 Å². The van der Waals surface area contributed by atoms with E-state index in [1.54, 1.807) is 13.0 Å². The highest BCUT2D eigenvalue weighted by atomic mass is 19.1. The lowest BCUT2D eigenvalue weighted by Gasteiger charge is -2.27. The Hall–Kier alpha value is -3.68. The summed E-state index contributed by atoms with van der Waals surface area (Å²) in [6.45, 7) is 3.84. The number of esters is 1. The predicted molar refractivity (Wildman–Crippen MR) is 130 cm³/mol. The summed E-state index contributed by atoms with van der Waals surface area (Å²) in [5, 5.41) is 6.07. The molecule has 34 heavy (non-hydrogen) atoms. The molecule has 0 radical (unpaired) electrons. The number of hydrogen-bond donors (Lipinski definition) is 2. The van der Waals surface area contributed by atoms with Crippen molar-refractivity contribution in [2.75, 3.05) is 29.9 Å².